The zero-order valence-corrected chi connectivity index (χ0v) is 13.7. The first-order chi connectivity index (χ1) is 11.7. The number of aromatic nitrogens is 3. The van der Waals surface area contributed by atoms with Gasteiger partial charge in [0.25, 0.3) is 0 Å². The zero-order valence-electron chi connectivity index (χ0n) is 13.7. The Morgan fingerprint density at radius 2 is 1.96 bits per heavy atom. The van der Waals surface area contributed by atoms with Gasteiger partial charge < -0.3 is 10.4 Å². The van der Waals surface area contributed by atoms with Crippen LogP contribution in [0.4, 0.5) is 18.9 Å². The molecule has 2 heterocycles. The smallest absolute Gasteiger partial charge is 0.383 e. The maximum absolute atomic E-state index is 12.8. The number of hydrogen-bond donors (Lipinski definition) is 2. The Morgan fingerprint density at radius 1 is 1.20 bits per heavy atom. The second kappa shape index (κ2) is 6.03. The lowest BCUT2D eigenvalue weighted by Gasteiger charge is -2.23. The van der Waals surface area contributed by atoms with Crippen molar-refractivity contribution in [2.45, 2.75) is 18.7 Å². The lowest BCUT2D eigenvalue weighted by atomic mass is 9.99. The molecule has 2 N–H and O–H groups in total. The van der Waals surface area contributed by atoms with E-state index < -0.39 is 17.3 Å². The number of aryl methyl sites for hydroxylation is 1. The summed E-state index contributed by atoms with van der Waals surface area (Å²) >= 11 is 0. The van der Waals surface area contributed by atoms with Crippen molar-refractivity contribution in [2.24, 2.45) is 7.05 Å². The molecule has 8 heteroatoms. The lowest BCUT2D eigenvalue weighted by Crippen LogP contribution is -2.30. The number of rotatable bonds is 4. The van der Waals surface area contributed by atoms with Gasteiger partial charge in [-0.2, -0.15) is 18.3 Å². The van der Waals surface area contributed by atoms with E-state index in [0.717, 1.165) is 12.1 Å². The fraction of sp³-hybridized carbons (Fsp3) is 0.294. The van der Waals surface area contributed by atoms with Crippen molar-refractivity contribution in [2.75, 3.05) is 11.9 Å². The molecular weight excluding hydrogens is 333 g/mol. The van der Waals surface area contributed by atoms with E-state index in [-0.39, 0.29) is 12.1 Å². The Morgan fingerprint density at radius 3 is 2.60 bits per heavy atom. The third-order valence-corrected chi connectivity index (χ3v) is 4.02. The van der Waals surface area contributed by atoms with Crippen LogP contribution in [0.3, 0.4) is 0 Å². The van der Waals surface area contributed by atoms with E-state index >= 15 is 0 Å². The fourth-order valence-corrected chi connectivity index (χ4v) is 2.55. The molecule has 1 unspecified atom stereocenters. The number of alkyl halides is 3. The number of hydrogen-bond acceptors (Lipinski definition) is 4. The predicted octanol–water partition coefficient (Wildman–Crippen LogP) is 3.31. The van der Waals surface area contributed by atoms with Crippen LogP contribution in [0.25, 0.3) is 10.9 Å². The molecule has 132 valence electrons. The molecule has 3 rings (SSSR count). The number of halogens is 3. The molecule has 5 nitrogen and oxygen atoms in total. The molecule has 0 fully saturated rings. The van der Waals surface area contributed by atoms with Crippen molar-refractivity contribution in [3.05, 3.63) is 54.0 Å². The minimum atomic E-state index is -4.41. The summed E-state index contributed by atoms with van der Waals surface area (Å²) in [6.45, 7) is 1.81. The van der Waals surface area contributed by atoms with Gasteiger partial charge in [-0.1, -0.05) is 6.07 Å². The fourth-order valence-electron chi connectivity index (χ4n) is 2.55. The Balaban J connectivity index is 1.86. The van der Waals surface area contributed by atoms with Crippen LogP contribution < -0.4 is 5.32 Å². The number of anilines is 1. The average molecular weight is 350 g/mol. The maximum atomic E-state index is 12.8. The number of benzene rings is 1. The highest BCUT2D eigenvalue weighted by Gasteiger charge is 2.31. The quantitative estimate of drug-likeness (QED) is 0.758. The van der Waals surface area contributed by atoms with Gasteiger partial charge >= 0.3 is 6.18 Å². The van der Waals surface area contributed by atoms with Crippen LogP contribution >= 0.6 is 0 Å². The van der Waals surface area contributed by atoms with Gasteiger partial charge in [-0.3, -0.25) is 9.67 Å². The van der Waals surface area contributed by atoms with Crippen LogP contribution in [0.1, 0.15) is 18.1 Å². The number of nitrogens with one attached hydrogen (secondary N) is 1. The summed E-state index contributed by atoms with van der Waals surface area (Å²) in [5.41, 5.74) is -0.452. The van der Waals surface area contributed by atoms with Crippen molar-refractivity contribution in [3.8, 4) is 0 Å². The van der Waals surface area contributed by atoms with Crippen LogP contribution in [0, 0.1) is 0 Å². The van der Waals surface area contributed by atoms with Crippen molar-refractivity contribution in [3.63, 3.8) is 0 Å². The first-order valence-corrected chi connectivity index (χ1v) is 7.58. The Hall–Kier alpha value is -2.61. The van der Waals surface area contributed by atoms with Crippen LogP contribution in [-0.2, 0) is 18.8 Å². The summed E-state index contributed by atoms with van der Waals surface area (Å²) in [7, 11) is 1.75. The molecule has 0 amide bonds. The largest absolute Gasteiger partial charge is 0.416 e. The van der Waals surface area contributed by atoms with E-state index in [4.69, 9.17) is 0 Å². The van der Waals surface area contributed by atoms with Gasteiger partial charge in [0.1, 0.15) is 5.60 Å². The highest BCUT2D eigenvalue weighted by atomic mass is 19.4. The average Bonchev–Trinajstić information content (AvgIpc) is 2.99. The van der Waals surface area contributed by atoms with E-state index in [0.29, 0.717) is 16.6 Å². The molecule has 0 aliphatic rings. The van der Waals surface area contributed by atoms with Crippen LogP contribution in [-0.4, -0.2) is 26.4 Å². The standard InChI is InChI=1S/C17H17F3N4O/c1-16(25,12-8-23-24(2)9-12)10-22-14-5-6-21-15-7-11(17(18,19)20)3-4-13(14)15/h3-9,25H,10H2,1-2H3,(H,21,22). The van der Waals surface area contributed by atoms with Gasteiger partial charge in [0.15, 0.2) is 0 Å². The van der Waals surface area contributed by atoms with Gasteiger partial charge in [0, 0.05) is 42.6 Å². The number of fused-ring (bicyclic) bond motifs is 1. The minimum Gasteiger partial charge on any atom is -0.383 e. The summed E-state index contributed by atoms with van der Waals surface area (Å²) in [6.07, 6.45) is 0.302. The lowest BCUT2D eigenvalue weighted by molar-refractivity contribution is -0.137. The second-order valence-corrected chi connectivity index (χ2v) is 6.12. The molecule has 1 atom stereocenters. The molecule has 0 radical (unpaired) electrons. The van der Waals surface area contributed by atoms with Crippen molar-refractivity contribution >= 4 is 16.6 Å². The zero-order chi connectivity index (χ0) is 18.2. The van der Waals surface area contributed by atoms with E-state index in [1.165, 1.54) is 12.3 Å². The van der Waals surface area contributed by atoms with Gasteiger partial charge in [0.2, 0.25) is 0 Å². The van der Waals surface area contributed by atoms with E-state index in [1.807, 2.05) is 0 Å². The minimum absolute atomic E-state index is 0.166. The molecule has 25 heavy (non-hydrogen) atoms. The Bertz CT molecular complexity index is 902. The number of pyridine rings is 1. The van der Waals surface area contributed by atoms with Crippen molar-refractivity contribution in [1.29, 1.82) is 0 Å². The van der Waals surface area contributed by atoms with E-state index in [9.17, 15) is 18.3 Å². The summed E-state index contributed by atoms with van der Waals surface area (Å²) in [5.74, 6) is 0. The molecule has 0 aliphatic carbocycles. The molecule has 0 bridgehead atoms. The number of aliphatic hydroxyl groups is 1. The molecule has 0 spiro atoms. The summed E-state index contributed by atoms with van der Waals surface area (Å²) in [4.78, 5) is 4.01. The topological polar surface area (TPSA) is 63.0 Å². The third kappa shape index (κ3) is 3.58. The SMILES string of the molecule is Cn1cc(C(C)(O)CNc2ccnc3cc(C(F)(F)F)ccc23)cn1. The summed E-state index contributed by atoms with van der Waals surface area (Å²) < 4.78 is 40.1. The van der Waals surface area contributed by atoms with Gasteiger partial charge in [0.05, 0.1) is 17.3 Å². The first-order valence-electron chi connectivity index (χ1n) is 7.58. The van der Waals surface area contributed by atoms with Gasteiger partial charge in [-0.05, 0) is 25.1 Å². The van der Waals surface area contributed by atoms with Crippen molar-refractivity contribution in [1.82, 2.24) is 14.8 Å². The molecular formula is C17H17F3N4O. The van der Waals surface area contributed by atoms with Gasteiger partial charge in [-0.15, -0.1) is 0 Å². The highest BCUT2D eigenvalue weighted by Crippen LogP contribution is 2.33. The molecule has 3 aromatic rings. The van der Waals surface area contributed by atoms with Crippen molar-refractivity contribution < 1.29 is 18.3 Å². The Labute approximate surface area is 142 Å². The highest BCUT2D eigenvalue weighted by molar-refractivity contribution is 5.91. The Kier molecular flexibility index (Phi) is 4.16. The van der Waals surface area contributed by atoms with E-state index in [2.05, 4.69) is 15.4 Å². The van der Waals surface area contributed by atoms with E-state index in [1.54, 1.807) is 37.1 Å². The normalized spacial score (nSPS) is 14.5. The maximum Gasteiger partial charge on any atom is 0.416 e. The molecule has 0 aliphatic heterocycles. The summed E-state index contributed by atoms with van der Waals surface area (Å²) in [5, 5.41) is 18.3. The van der Waals surface area contributed by atoms with Crippen LogP contribution in [0.15, 0.2) is 42.9 Å². The number of nitrogens with zero attached hydrogens (tertiary/aromatic N) is 3. The van der Waals surface area contributed by atoms with Crippen LogP contribution in [0.2, 0.25) is 0 Å². The molecule has 0 saturated carbocycles. The molecule has 2 aromatic heterocycles. The first kappa shape index (κ1) is 17.2. The monoisotopic (exact) mass is 350 g/mol. The third-order valence-electron chi connectivity index (χ3n) is 4.02. The molecule has 0 saturated heterocycles. The predicted molar refractivity (Wildman–Crippen MR) is 88.0 cm³/mol. The van der Waals surface area contributed by atoms with Gasteiger partial charge in [-0.25, -0.2) is 0 Å². The van der Waals surface area contributed by atoms with Crippen LogP contribution in [0.5, 0.6) is 0 Å². The summed E-state index contributed by atoms with van der Waals surface area (Å²) in [6, 6.07) is 5.08. The molecule has 1 aromatic carbocycles. The second-order valence-electron chi connectivity index (χ2n) is 6.12.